The summed E-state index contributed by atoms with van der Waals surface area (Å²) < 4.78 is 31.4. The number of rotatable bonds is 8. The Balaban J connectivity index is 2.49. The average Bonchev–Trinajstić information content (AvgIpc) is 2.61. The third kappa shape index (κ3) is 5.36. The number of hydrogen-bond donors (Lipinski definition) is 0. The molecule has 0 radical (unpaired) electrons. The first kappa shape index (κ1) is 21.0. The summed E-state index contributed by atoms with van der Waals surface area (Å²) in [4.78, 5) is 2.36. The Bertz CT molecular complexity index is 898. The molecule has 0 aliphatic carbocycles. The molecule has 146 valence electrons. The van der Waals surface area contributed by atoms with Crippen molar-refractivity contribution in [3.63, 3.8) is 0 Å². The lowest BCUT2D eigenvalue weighted by molar-refractivity contribution is 0.414. The first-order chi connectivity index (χ1) is 12.6. The molecule has 0 saturated carbocycles. The highest BCUT2D eigenvalue weighted by Crippen LogP contribution is 2.30. The SMILES string of the molecule is C=CC(C)(C)CS(=O)(=O)c1ccc(N(C)C)cc1Cc1ccc(OC)cc1. The maximum atomic E-state index is 13.1. The molecule has 0 atom stereocenters. The van der Waals surface area contributed by atoms with Gasteiger partial charge < -0.3 is 9.64 Å². The van der Waals surface area contributed by atoms with Crippen molar-refractivity contribution < 1.29 is 13.2 Å². The zero-order valence-corrected chi connectivity index (χ0v) is 17.6. The monoisotopic (exact) mass is 387 g/mol. The standard InChI is InChI=1S/C22H29NO3S/c1-7-22(2,3)16-27(24,25)21-13-10-19(23(4)5)15-18(21)14-17-8-11-20(26-6)12-9-17/h7-13,15H,1,14,16H2,2-6H3. The summed E-state index contributed by atoms with van der Waals surface area (Å²) >= 11 is 0. The average molecular weight is 388 g/mol. The predicted molar refractivity (Wildman–Crippen MR) is 113 cm³/mol. The first-order valence-electron chi connectivity index (χ1n) is 8.87. The van der Waals surface area contributed by atoms with E-state index in [1.165, 1.54) is 0 Å². The van der Waals surface area contributed by atoms with E-state index in [1.54, 1.807) is 19.3 Å². The largest absolute Gasteiger partial charge is 0.497 e. The third-order valence-corrected chi connectivity index (χ3v) is 6.76. The minimum atomic E-state index is -3.45. The predicted octanol–water partition coefficient (Wildman–Crippen LogP) is 4.34. The number of sulfone groups is 1. The van der Waals surface area contributed by atoms with Crippen molar-refractivity contribution in [2.75, 3.05) is 31.9 Å². The van der Waals surface area contributed by atoms with Gasteiger partial charge in [-0.15, -0.1) is 6.58 Å². The van der Waals surface area contributed by atoms with Crippen LogP contribution in [0.1, 0.15) is 25.0 Å². The number of anilines is 1. The van der Waals surface area contributed by atoms with E-state index in [1.807, 2.05) is 69.2 Å². The van der Waals surface area contributed by atoms with Crippen molar-refractivity contribution in [1.29, 1.82) is 0 Å². The van der Waals surface area contributed by atoms with Crippen molar-refractivity contribution in [1.82, 2.24) is 0 Å². The molecule has 0 unspecified atom stereocenters. The van der Waals surface area contributed by atoms with Gasteiger partial charge in [0.1, 0.15) is 5.75 Å². The Morgan fingerprint density at radius 1 is 1.11 bits per heavy atom. The van der Waals surface area contributed by atoms with Gasteiger partial charge in [-0.2, -0.15) is 0 Å². The molecule has 0 fully saturated rings. The molecule has 0 saturated heterocycles. The van der Waals surface area contributed by atoms with Gasteiger partial charge in [-0.1, -0.05) is 32.1 Å². The van der Waals surface area contributed by atoms with E-state index in [-0.39, 0.29) is 5.75 Å². The fourth-order valence-electron chi connectivity index (χ4n) is 2.88. The second-order valence-corrected chi connectivity index (χ2v) is 9.62. The minimum absolute atomic E-state index is 0.0282. The van der Waals surface area contributed by atoms with Gasteiger partial charge in [0.25, 0.3) is 0 Å². The summed E-state index contributed by atoms with van der Waals surface area (Å²) in [6.07, 6.45) is 2.23. The molecule has 27 heavy (non-hydrogen) atoms. The summed E-state index contributed by atoms with van der Waals surface area (Å²) in [6.45, 7) is 7.54. The summed E-state index contributed by atoms with van der Waals surface area (Å²) in [5.74, 6) is 0.807. The molecule has 4 nitrogen and oxygen atoms in total. The van der Waals surface area contributed by atoms with E-state index in [4.69, 9.17) is 4.74 Å². The third-order valence-electron chi connectivity index (χ3n) is 4.56. The fourth-order valence-corrected chi connectivity index (χ4v) is 4.93. The Hall–Kier alpha value is -2.27. The van der Waals surface area contributed by atoms with Gasteiger partial charge in [0.2, 0.25) is 0 Å². The van der Waals surface area contributed by atoms with Crippen molar-refractivity contribution in [3.8, 4) is 5.75 Å². The summed E-state index contributed by atoms with van der Waals surface area (Å²) in [5.41, 5.74) is 2.31. The van der Waals surface area contributed by atoms with Gasteiger partial charge >= 0.3 is 0 Å². The Kier molecular flexibility index (Phi) is 6.37. The van der Waals surface area contributed by atoms with Crippen molar-refractivity contribution in [2.45, 2.75) is 25.2 Å². The van der Waals surface area contributed by atoms with Gasteiger partial charge in [0.15, 0.2) is 9.84 Å². The molecule has 5 heteroatoms. The topological polar surface area (TPSA) is 46.6 Å². The Morgan fingerprint density at radius 2 is 1.74 bits per heavy atom. The molecule has 0 amide bonds. The molecule has 0 spiro atoms. The highest BCUT2D eigenvalue weighted by Gasteiger charge is 2.27. The zero-order chi connectivity index (χ0) is 20.2. The van der Waals surface area contributed by atoms with Gasteiger partial charge in [0, 0.05) is 19.8 Å². The molecule has 0 N–H and O–H groups in total. The van der Waals surface area contributed by atoms with E-state index in [0.29, 0.717) is 11.3 Å². The smallest absolute Gasteiger partial charge is 0.179 e. The molecule has 2 aromatic carbocycles. The number of allylic oxidation sites excluding steroid dienone is 1. The van der Waals surface area contributed by atoms with E-state index in [9.17, 15) is 8.42 Å². The molecule has 0 bridgehead atoms. The Labute approximate surface area is 163 Å². The minimum Gasteiger partial charge on any atom is -0.497 e. The van der Waals surface area contributed by atoms with E-state index in [2.05, 4.69) is 6.58 Å². The van der Waals surface area contributed by atoms with Crippen LogP contribution in [0.5, 0.6) is 5.75 Å². The number of ether oxygens (including phenoxy) is 1. The van der Waals surface area contributed by atoms with Crippen LogP contribution >= 0.6 is 0 Å². The molecule has 2 aromatic rings. The first-order valence-corrected chi connectivity index (χ1v) is 10.5. The van der Waals surface area contributed by atoms with Crippen LogP contribution in [0.4, 0.5) is 5.69 Å². The van der Waals surface area contributed by atoms with Crippen LogP contribution in [0.3, 0.4) is 0 Å². The van der Waals surface area contributed by atoms with E-state index >= 15 is 0 Å². The maximum Gasteiger partial charge on any atom is 0.179 e. The summed E-state index contributed by atoms with van der Waals surface area (Å²) in [6, 6.07) is 13.2. The lowest BCUT2D eigenvalue weighted by Crippen LogP contribution is -2.23. The molecular formula is C22H29NO3S. The van der Waals surface area contributed by atoms with Crippen LogP contribution < -0.4 is 9.64 Å². The van der Waals surface area contributed by atoms with Crippen LogP contribution in [0.25, 0.3) is 0 Å². The number of benzene rings is 2. The Morgan fingerprint density at radius 3 is 2.26 bits per heavy atom. The molecular weight excluding hydrogens is 358 g/mol. The van der Waals surface area contributed by atoms with Gasteiger partial charge in [-0.25, -0.2) is 8.42 Å². The molecule has 0 heterocycles. The molecule has 0 aliphatic heterocycles. The van der Waals surface area contributed by atoms with Crippen molar-refractivity contribution in [2.24, 2.45) is 5.41 Å². The van der Waals surface area contributed by atoms with Crippen molar-refractivity contribution >= 4 is 15.5 Å². The quantitative estimate of drug-likeness (QED) is 0.632. The molecule has 0 aliphatic rings. The van der Waals surface area contributed by atoms with Gasteiger partial charge in [-0.3, -0.25) is 0 Å². The van der Waals surface area contributed by atoms with E-state index in [0.717, 1.165) is 22.6 Å². The van der Waals surface area contributed by atoms with Crippen LogP contribution in [-0.4, -0.2) is 35.4 Å². The normalized spacial score (nSPS) is 11.9. The van der Waals surface area contributed by atoms with Gasteiger partial charge in [-0.05, 0) is 53.3 Å². The lowest BCUT2D eigenvalue weighted by atomic mass is 9.97. The number of hydrogen-bond acceptors (Lipinski definition) is 4. The zero-order valence-electron chi connectivity index (χ0n) is 16.8. The van der Waals surface area contributed by atoms with Crippen LogP contribution in [0.2, 0.25) is 0 Å². The summed E-state index contributed by atoms with van der Waals surface area (Å²) in [7, 11) is 2.07. The number of methoxy groups -OCH3 is 1. The molecule has 2 rings (SSSR count). The summed E-state index contributed by atoms with van der Waals surface area (Å²) in [5, 5.41) is 0. The van der Waals surface area contributed by atoms with Crippen LogP contribution in [0, 0.1) is 5.41 Å². The maximum absolute atomic E-state index is 13.1. The highest BCUT2D eigenvalue weighted by atomic mass is 32.2. The van der Waals surface area contributed by atoms with Gasteiger partial charge in [0.05, 0.1) is 17.8 Å². The van der Waals surface area contributed by atoms with Crippen LogP contribution in [-0.2, 0) is 16.3 Å². The van der Waals surface area contributed by atoms with Crippen molar-refractivity contribution in [3.05, 3.63) is 66.2 Å². The second-order valence-electron chi connectivity index (χ2n) is 7.66. The molecule has 0 aromatic heterocycles. The van der Waals surface area contributed by atoms with Crippen LogP contribution in [0.15, 0.2) is 60.0 Å². The lowest BCUT2D eigenvalue weighted by Gasteiger charge is -2.22. The van der Waals surface area contributed by atoms with E-state index < -0.39 is 15.3 Å². The highest BCUT2D eigenvalue weighted by molar-refractivity contribution is 7.91. The number of nitrogens with zero attached hydrogens (tertiary/aromatic N) is 1. The fraction of sp³-hybridized carbons (Fsp3) is 0.364. The second kappa shape index (κ2) is 8.17.